The summed E-state index contributed by atoms with van der Waals surface area (Å²) in [5.41, 5.74) is 3.00. The van der Waals surface area contributed by atoms with E-state index in [0.717, 1.165) is 16.9 Å². The third-order valence-corrected chi connectivity index (χ3v) is 2.98. The summed E-state index contributed by atoms with van der Waals surface area (Å²) in [5.74, 6) is 0. The topological polar surface area (TPSA) is 30.7 Å². The third-order valence-electron chi connectivity index (χ3n) is 2.30. The van der Waals surface area contributed by atoms with Crippen molar-refractivity contribution in [2.24, 2.45) is 0 Å². The zero-order valence-corrected chi connectivity index (χ0v) is 9.26. The number of nitrogens with zero attached hydrogens (tertiary/aromatic N) is 3. The molecule has 1 aromatic carbocycles. The lowest BCUT2D eigenvalue weighted by atomic mass is 10.3. The molecule has 0 N–H and O–H groups in total. The van der Waals surface area contributed by atoms with Gasteiger partial charge in [-0.3, -0.25) is 0 Å². The predicted molar refractivity (Wildman–Crippen MR) is 64.7 cm³/mol. The van der Waals surface area contributed by atoms with Crippen molar-refractivity contribution in [2.45, 2.75) is 0 Å². The van der Waals surface area contributed by atoms with Crippen LogP contribution in [0.4, 0.5) is 0 Å². The first-order valence-electron chi connectivity index (χ1n) is 4.94. The number of aromatic nitrogens is 3. The Morgan fingerprint density at radius 3 is 2.69 bits per heavy atom. The average molecular weight is 227 g/mol. The summed E-state index contributed by atoms with van der Waals surface area (Å²) >= 11 is 1.66. The molecular weight excluding hydrogens is 218 g/mol. The van der Waals surface area contributed by atoms with Crippen LogP contribution in [0, 0.1) is 0 Å². The van der Waals surface area contributed by atoms with Crippen LogP contribution in [-0.4, -0.2) is 15.0 Å². The molecule has 78 valence electrons. The Balaban J connectivity index is 2.00. The third kappa shape index (κ3) is 1.63. The summed E-state index contributed by atoms with van der Waals surface area (Å²) in [7, 11) is 0. The van der Waals surface area contributed by atoms with Crippen LogP contribution in [0.3, 0.4) is 0 Å². The van der Waals surface area contributed by atoms with E-state index in [1.165, 1.54) is 0 Å². The van der Waals surface area contributed by atoms with Gasteiger partial charge in [-0.2, -0.15) is 21.2 Å². The highest BCUT2D eigenvalue weighted by Gasteiger charge is 2.04. The maximum Gasteiger partial charge on any atom is 0.114 e. The van der Waals surface area contributed by atoms with Gasteiger partial charge in [0.1, 0.15) is 5.69 Å². The summed E-state index contributed by atoms with van der Waals surface area (Å²) in [6, 6.07) is 11.9. The van der Waals surface area contributed by atoms with Gasteiger partial charge in [0.2, 0.25) is 0 Å². The molecule has 2 aromatic heterocycles. The number of thiophene rings is 1. The van der Waals surface area contributed by atoms with Crippen molar-refractivity contribution in [3.8, 4) is 16.9 Å². The van der Waals surface area contributed by atoms with Crippen LogP contribution < -0.4 is 0 Å². The van der Waals surface area contributed by atoms with Gasteiger partial charge < -0.3 is 0 Å². The minimum absolute atomic E-state index is 0.908. The standard InChI is InChI=1S/C12H9N3S/c1-2-4-11(5-3-1)15-13-8-12(14-15)10-6-7-16-9-10/h1-9H. The van der Waals surface area contributed by atoms with Gasteiger partial charge in [-0.05, 0) is 23.6 Å². The van der Waals surface area contributed by atoms with Crippen LogP contribution in [0.25, 0.3) is 16.9 Å². The van der Waals surface area contributed by atoms with E-state index in [4.69, 9.17) is 0 Å². The van der Waals surface area contributed by atoms with E-state index in [9.17, 15) is 0 Å². The molecule has 0 aliphatic rings. The van der Waals surface area contributed by atoms with E-state index in [1.54, 1.807) is 22.3 Å². The summed E-state index contributed by atoms with van der Waals surface area (Å²) in [6.45, 7) is 0. The van der Waals surface area contributed by atoms with E-state index in [-0.39, 0.29) is 0 Å². The van der Waals surface area contributed by atoms with Gasteiger partial charge in [-0.15, -0.1) is 5.10 Å². The summed E-state index contributed by atoms with van der Waals surface area (Å²) in [5, 5.41) is 12.8. The molecule has 0 saturated heterocycles. The van der Waals surface area contributed by atoms with Gasteiger partial charge in [0.15, 0.2) is 0 Å². The molecule has 2 heterocycles. The molecule has 0 spiro atoms. The van der Waals surface area contributed by atoms with Gasteiger partial charge >= 0.3 is 0 Å². The zero-order chi connectivity index (χ0) is 10.8. The fraction of sp³-hybridized carbons (Fsp3) is 0. The van der Waals surface area contributed by atoms with Gasteiger partial charge in [-0.25, -0.2) is 0 Å². The van der Waals surface area contributed by atoms with Crippen LogP contribution in [0.1, 0.15) is 0 Å². The number of benzene rings is 1. The smallest absolute Gasteiger partial charge is 0.114 e. The minimum atomic E-state index is 0.908. The predicted octanol–water partition coefficient (Wildman–Crippen LogP) is 3.00. The molecule has 4 heteroatoms. The Kier molecular flexibility index (Phi) is 2.27. The molecule has 0 atom stereocenters. The molecule has 0 radical (unpaired) electrons. The lowest BCUT2D eigenvalue weighted by Gasteiger charge is -1.96. The van der Waals surface area contributed by atoms with E-state index in [0.29, 0.717) is 0 Å². The van der Waals surface area contributed by atoms with Crippen LogP contribution in [-0.2, 0) is 0 Å². The average Bonchev–Trinajstić information content (AvgIpc) is 3.01. The molecule has 3 rings (SSSR count). The normalized spacial score (nSPS) is 10.5. The molecule has 0 saturated carbocycles. The van der Waals surface area contributed by atoms with Gasteiger partial charge in [0.05, 0.1) is 11.9 Å². The molecule has 0 amide bonds. The van der Waals surface area contributed by atoms with Crippen molar-refractivity contribution in [1.29, 1.82) is 0 Å². The molecular formula is C12H9N3S. The van der Waals surface area contributed by atoms with Gasteiger partial charge in [-0.1, -0.05) is 18.2 Å². The lowest BCUT2D eigenvalue weighted by molar-refractivity contribution is 0.754. The summed E-state index contributed by atoms with van der Waals surface area (Å²) in [4.78, 5) is 1.65. The van der Waals surface area contributed by atoms with Crippen molar-refractivity contribution in [3.05, 3.63) is 53.4 Å². The fourth-order valence-electron chi connectivity index (χ4n) is 1.49. The Morgan fingerprint density at radius 2 is 1.94 bits per heavy atom. The van der Waals surface area contributed by atoms with Gasteiger partial charge in [0.25, 0.3) is 0 Å². The molecule has 0 aliphatic carbocycles. The molecule has 0 unspecified atom stereocenters. The van der Waals surface area contributed by atoms with Crippen molar-refractivity contribution in [3.63, 3.8) is 0 Å². The first-order chi connectivity index (χ1) is 7.93. The van der Waals surface area contributed by atoms with Crippen LogP contribution >= 0.6 is 11.3 Å². The molecule has 3 nitrogen and oxygen atoms in total. The van der Waals surface area contributed by atoms with Crippen molar-refractivity contribution < 1.29 is 0 Å². The summed E-state index contributed by atoms with van der Waals surface area (Å²) in [6.07, 6.45) is 1.79. The maximum atomic E-state index is 4.44. The molecule has 3 aromatic rings. The second kappa shape index (κ2) is 3.90. The second-order valence-corrected chi connectivity index (χ2v) is 4.15. The molecule has 16 heavy (non-hydrogen) atoms. The Bertz CT molecular complexity index is 569. The fourth-order valence-corrected chi connectivity index (χ4v) is 2.14. The summed E-state index contributed by atoms with van der Waals surface area (Å²) < 4.78 is 0. The molecule has 0 bridgehead atoms. The van der Waals surface area contributed by atoms with Crippen LogP contribution in [0.2, 0.25) is 0 Å². The first-order valence-corrected chi connectivity index (χ1v) is 5.88. The second-order valence-electron chi connectivity index (χ2n) is 3.37. The van der Waals surface area contributed by atoms with E-state index < -0.39 is 0 Å². The quantitative estimate of drug-likeness (QED) is 0.673. The number of para-hydroxylation sites is 1. The van der Waals surface area contributed by atoms with E-state index in [1.807, 2.05) is 41.8 Å². The molecule has 0 aliphatic heterocycles. The first kappa shape index (κ1) is 9.30. The molecule has 0 fully saturated rings. The minimum Gasteiger partial charge on any atom is -0.156 e. The van der Waals surface area contributed by atoms with Gasteiger partial charge in [0, 0.05) is 10.9 Å². The maximum absolute atomic E-state index is 4.44. The van der Waals surface area contributed by atoms with Crippen molar-refractivity contribution in [2.75, 3.05) is 0 Å². The zero-order valence-electron chi connectivity index (χ0n) is 8.45. The van der Waals surface area contributed by atoms with Crippen LogP contribution in [0.15, 0.2) is 53.4 Å². The number of rotatable bonds is 2. The SMILES string of the molecule is c1ccc(-n2ncc(-c3ccsc3)n2)cc1. The van der Waals surface area contributed by atoms with Crippen molar-refractivity contribution >= 4 is 11.3 Å². The number of hydrogen-bond acceptors (Lipinski definition) is 3. The highest BCUT2D eigenvalue weighted by molar-refractivity contribution is 7.08. The Hall–Kier alpha value is -1.94. The highest BCUT2D eigenvalue weighted by atomic mass is 32.1. The number of hydrogen-bond donors (Lipinski definition) is 0. The lowest BCUT2D eigenvalue weighted by Crippen LogP contribution is -1.97. The Morgan fingerprint density at radius 1 is 1.06 bits per heavy atom. The highest BCUT2D eigenvalue weighted by Crippen LogP contribution is 2.19. The van der Waals surface area contributed by atoms with Crippen LogP contribution in [0.5, 0.6) is 0 Å². The van der Waals surface area contributed by atoms with E-state index in [2.05, 4.69) is 15.6 Å². The monoisotopic (exact) mass is 227 g/mol. The van der Waals surface area contributed by atoms with Crippen molar-refractivity contribution in [1.82, 2.24) is 15.0 Å². The Labute approximate surface area is 97.0 Å². The largest absolute Gasteiger partial charge is 0.156 e. The van der Waals surface area contributed by atoms with E-state index >= 15 is 0 Å².